The van der Waals surface area contributed by atoms with E-state index in [9.17, 15) is 8.42 Å². The molecule has 1 saturated heterocycles. The first-order valence-corrected chi connectivity index (χ1v) is 6.83. The van der Waals surface area contributed by atoms with Gasteiger partial charge in [-0.05, 0) is 12.1 Å². The Morgan fingerprint density at radius 3 is 2.61 bits per heavy atom. The molecule has 1 aromatic carbocycles. The second kappa shape index (κ2) is 5.13. The number of ether oxygens (including phenoxy) is 3. The Morgan fingerprint density at radius 2 is 2.06 bits per heavy atom. The number of sulfonamides is 1. The van der Waals surface area contributed by atoms with Crippen LogP contribution in [0.1, 0.15) is 0 Å². The smallest absolute Gasteiger partial charge is 0.248 e. The molecular weight excluding hydrogens is 258 g/mol. The van der Waals surface area contributed by atoms with Gasteiger partial charge in [0.1, 0.15) is 23.1 Å². The third-order valence-corrected chi connectivity index (χ3v) is 4.57. The Labute approximate surface area is 106 Å². The Balaban J connectivity index is 2.43. The highest BCUT2D eigenvalue weighted by Crippen LogP contribution is 2.31. The summed E-state index contributed by atoms with van der Waals surface area (Å²) in [5.41, 5.74) is 0. The van der Waals surface area contributed by atoms with Crippen molar-refractivity contribution in [3.63, 3.8) is 0 Å². The molecule has 0 amide bonds. The van der Waals surface area contributed by atoms with Crippen molar-refractivity contribution >= 4 is 10.0 Å². The second-order valence-corrected chi connectivity index (χ2v) is 5.64. The highest BCUT2D eigenvalue weighted by Gasteiger charge is 2.30. The zero-order valence-corrected chi connectivity index (χ0v) is 11.1. The summed E-state index contributed by atoms with van der Waals surface area (Å²) in [6.07, 6.45) is 0. The predicted molar refractivity (Wildman–Crippen MR) is 64.3 cm³/mol. The standard InChI is InChI=1S/C11H15NO5S/c1-15-9-3-4-11(10(7-9)16-2)18(13,14)12-5-6-17-8-12/h3-4,7H,5-6,8H2,1-2H3. The van der Waals surface area contributed by atoms with Gasteiger partial charge in [0.25, 0.3) is 0 Å². The molecule has 1 fully saturated rings. The molecule has 1 aromatic rings. The predicted octanol–water partition coefficient (Wildman–Crippen LogP) is 0.682. The fourth-order valence-corrected chi connectivity index (χ4v) is 3.16. The van der Waals surface area contributed by atoms with Crippen molar-refractivity contribution in [3.05, 3.63) is 18.2 Å². The first-order valence-electron chi connectivity index (χ1n) is 5.39. The Morgan fingerprint density at radius 1 is 1.28 bits per heavy atom. The summed E-state index contributed by atoms with van der Waals surface area (Å²) < 4.78 is 41.2. The average Bonchev–Trinajstić information content (AvgIpc) is 2.92. The van der Waals surface area contributed by atoms with Crippen LogP contribution >= 0.6 is 0 Å². The van der Waals surface area contributed by atoms with Crippen LogP contribution in [0.5, 0.6) is 11.5 Å². The van der Waals surface area contributed by atoms with Crippen molar-refractivity contribution in [2.24, 2.45) is 0 Å². The molecule has 0 bridgehead atoms. The minimum atomic E-state index is -3.58. The Hall–Kier alpha value is -1.31. The normalized spacial score (nSPS) is 16.8. The lowest BCUT2D eigenvalue weighted by atomic mass is 10.3. The maximum absolute atomic E-state index is 12.3. The van der Waals surface area contributed by atoms with Crippen molar-refractivity contribution < 1.29 is 22.6 Å². The highest BCUT2D eigenvalue weighted by atomic mass is 32.2. The fraction of sp³-hybridized carbons (Fsp3) is 0.455. The summed E-state index contributed by atoms with van der Waals surface area (Å²) in [5.74, 6) is 0.810. The lowest BCUT2D eigenvalue weighted by Crippen LogP contribution is -2.28. The first kappa shape index (κ1) is 13.1. The molecule has 0 spiro atoms. The zero-order valence-electron chi connectivity index (χ0n) is 10.3. The van der Waals surface area contributed by atoms with Gasteiger partial charge in [0, 0.05) is 12.6 Å². The molecular formula is C11H15NO5S. The second-order valence-electron chi connectivity index (χ2n) is 3.73. The van der Waals surface area contributed by atoms with Crippen molar-refractivity contribution in [1.82, 2.24) is 4.31 Å². The van der Waals surface area contributed by atoms with Gasteiger partial charge in [0.05, 0.1) is 20.8 Å². The average molecular weight is 273 g/mol. The number of hydrogen-bond donors (Lipinski definition) is 0. The monoisotopic (exact) mass is 273 g/mol. The minimum Gasteiger partial charge on any atom is -0.497 e. The zero-order chi connectivity index (χ0) is 13.2. The van der Waals surface area contributed by atoms with Crippen LogP contribution in [0.2, 0.25) is 0 Å². The van der Waals surface area contributed by atoms with E-state index in [4.69, 9.17) is 14.2 Å². The van der Waals surface area contributed by atoms with E-state index in [2.05, 4.69) is 0 Å². The maximum atomic E-state index is 12.3. The number of methoxy groups -OCH3 is 2. The Bertz CT molecular complexity index is 522. The summed E-state index contributed by atoms with van der Waals surface area (Å²) in [4.78, 5) is 0.122. The third kappa shape index (κ3) is 2.29. The van der Waals surface area contributed by atoms with Crippen LogP contribution in [0.25, 0.3) is 0 Å². The van der Waals surface area contributed by atoms with Gasteiger partial charge >= 0.3 is 0 Å². The van der Waals surface area contributed by atoms with Gasteiger partial charge in [-0.25, -0.2) is 8.42 Å². The molecule has 0 N–H and O–H groups in total. The molecule has 0 aliphatic carbocycles. The molecule has 7 heteroatoms. The molecule has 0 saturated carbocycles. The van der Waals surface area contributed by atoms with E-state index >= 15 is 0 Å². The maximum Gasteiger partial charge on any atom is 0.248 e. The summed E-state index contributed by atoms with van der Waals surface area (Å²) in [7, 11) is -0.643. The molecule has 0 aromatic heterocycles. The lowest BCUT2D eigenvalue weighted by molar-refractivity contribution is 0.172. The largest absolute Gasteiger partial charge is 0.497 e. The van der Waals surface area contributed by atoms with Crippen molar-refractivity contribution in [3.8, 4) is 11.5 Å². The number of nitrogens with zero attached hydrogens (tertiary/aromatic N) is 1. The van der Waals surface area contributed by atoms with Crippen LogP contribution in [0.3, 0.4) is 0 Å². The summed E-state index contributed by atoms with van der Waals surface area (Å²) >= 11 is 0. The van der Waals surface area contributed by atoms with E-state index in [1.54, 1.807) is 12.1 Å². The van der Waals surface area contributed by atoms with Gasteiger partial charge in [0.2, 0.25) is 10.0 Å². The summed E-state index contributed by atoms with van der Waals surface area (Å²) in [6.45, 7) is 0.854. The highest BCUT2D eigenvalue weighted by molar-refractivity contribution is 7.89. The molecule has 0 radical (unpaired) electrons. The minimum absolute atomic E-state index is 0.0809. The molecule has 2 rings (SSSR count). The molecule has 6 nitrogen and oxygen atoms in total. The van der Waals surface area contributed by atoms with E-state index in [0.717, 1.165) is 0 Å². The number of rotatable bonds is 4. The van der Waals surface area contributed by atoms with Gasteiger partial charge < -0.3 is 14.2 Å². The molecule has 1 heterocycles. The van der Waals surface area contributed by atoms with Crippen LogP contribution in [0.15, 0.2) is 23.1 Å². The first-order chi connectivity index (χ1) is 8.59. The van der Waals surface area contributed by atoms with Crippen LogP contribution in [-0.2, 0) is 14.8 Å². The van der Waals surface area contributed by atoms with Gasteiger partial charge in [-0.2, -0.15) is 4.31 Å². The van der Waals surface area contributed by atoms with E-state index in [1.165, 1.54) is 24.6 Å². The van der Waals surface area contributed by atoms with Crippen molar-refractivity contribution in [2.45, 2.75) is 4.90 Å². The van der Waals surface area contributed by atoms with E-state index in [-0.39, 0.29) is 17.4 Å². The van der Waals surface area contributed by atoms with Gasteiger partial charge in [-0.15, -0.1) is 0 Å². The molecule has 0 atom stereocenters. The molecule has 1 aliphatic rings. The fourth-order valence-electron chi connectivity index (χ4n) is 1.71. The van der Waals surface area contributed by atoms with Crippen LogP contribution in [0, 0.1) is 0 Å². The van der Waals surface area contributed by atoms with Crippen molar-refractivity contribution in [1.29, 1.82) is 0 Å². The van der Waals surface area contributed by atoms with E-state index < -0.39 is 10.0 Å². The van der Waals surface area contributed by atoms with Gasteiger partial charge in [0.15, 0.2) is 0 Å². The number of hydrogen-bond acceptors (Lipinski definition) is 5. The summed E-state index contributed by atoms with van der Waals surface area (Å²) in [6, 6.07) is 4.61. The van der Waals surface area contributed by atoms with Gasteiger partial charge in [-0.1, -0.05) is 0 Å². The van der Waals surface area contributed by atoms with E-state index in [1.807, 2.05) is 0 Å². The van der Waals surface area contributed by atoms with Crippen LogP contribution in [0.4, 0.5) is 0 Å². The number of benzene rings is 1. The third-order valence-electron chi connectivity index (χ3n) is 2.71. The topological polar surface area (TPSA) is 65.1 Å². The van der Waals surface area contributed by atoms with Crippen LogP contribution < -0.4 is 9.47 Å². The van der Waals surface area contributed by atoms with Crippen molar-refractivity contribution in [2.75, 3.05) is 34.1 Å². The van der Waals surface area contributed by atoms with Crippen LogP contribution in [-0.4, -0.2) is 46.8 Å². The Kier molecular flexibility index (Phi) is 3.74. The lowest BCUT2D eigenvalue weighted by Gasteiger charge is -2.16. The SMILES string of the molecule is COc1ccc(S(=O)(=O)N2CCOC2)c(OC)c1. The molecule has 1 aliphatic heterocycles. The summed E-state index contributed by atoms with van der Waals surface area (Å²) in [5, 5.41) is 0. The van der Waals surface area contributed by atoms with Gasteiger partial charge in [-0.3, -0.25) is 0 Å². The molecule has 18 heavy (non-hydrogen) atoms. The van der Waals surface area contributed by atoms with E-state index in [0.29, 0.717) is 18.9 Å². The molecule has 100 valence electrons. The quantitative estimate of drug-likeness (QED) is 0.807. The molecule has 0 unspecified atom stereocenters.